The Morgan fingerprint density at radius 2 is 1.75 bits per heavy atom. The van der Waals surface area contributed by atoms with Crippen LogP contribution in [-0.2, 0) is 16.1 Å². The summed E-state index contributed by atoms with van der Waals surface area (Å²) < 4.78 is 0. The number of hydrogen-bond acceptors (Lipinski definition) is 3. The molecule has 1 heterocycles. The topological polar surface area (TPSA) is 86.9 Å². The van der Waals surface area contributed by atoms with E-state index in [9.17, 15) is 9.59 Å². The first kappa shape index (κ1) is 17.5. The van der Waals surface area contributed by atoms with E-state index < -0.39 is 0 Å². The molecule has 0 saturated heterocycles. The van der Waals surface area contributed by atoms with Gasteiger partial charge in [-0.05, 0) is 45.4 Å². The molecule has 0 unspecified atom stereocenters. The molecule has 0 bridgehead atoms. The van der Waals surface area contributed by atoms with E-state index in [1.54, 1.807) is 6.08 Å². The van der Waals surface area contributed by atoms with Gasteiger partial charge in [0, 0.05) is 24.1 Å². The number of nitrogens with one attached hydrogen (secondary N) is 3. The average Bonchev–Trinajstić information content (AvgIpc) is 2.86. The molecule has 0 aliphatic heterocycles. The molecule has 2 rings (SSSR count). The van der Waals surface area contributed by atoms with Crippen molar-refractivity contribution in [2.75, 3.05) is 5.32 Å². The zero-order valence-electron chi connectivity index (χ0n) is 14.4. The standard InChI is InChI=1S/C18H22N4O2/c1-11(2)7-16(23)19-10-13-5-6-14-15(9-13)21-22-18(14)20-17(24)8-12(3)4/h5-9H,10H2,1-4H3,(H,19,23)(H2,20,21,22,24). The van der Waals surface area contributed by atoms with Gasteiger partial charge in [0.1, 0.15) is 0 Å². The molecule has 0 spiro atoms. The number of fused-ring (bicyclic) bond motifs is 1. The first-order chi connectivity index (χ1) is 11.3. The number of H-pyrrole nitrogens is 1. The van der Waals surface area contributed by atoms with Crippen molar-refractivity contribution in [1.29, 1.82) is 0 Å². The molecule has 126 valence electrons. The number of rotatable bonds is 5. The van der Waals surface area contributed by atoms with E-state index in [2.05, 4.69) is 20.8 Å². The largest absolute Gasteiger partial charge is 0.348 e. The number of anilines is 1. The lowest BCUT2D eigenvalue weighted by Crippen LogP contribution is -2.20. The van der Waals surface area contributed by atoms with Crippen molar-refractivity contribution in [3.8, 4) is 0 Å². The van der Waals surface area contributed by atoms with Gasteiger partial charge in [-0.2, -0.15) is 5.10 Å². The van der Waals surface area contributed by atoms with Crippen LogP contribution in [0.15, 0.2) is 41.5 Å². The predicted molar refractivity (Wildman–Crippen MR) is 95.4 cm³/mol. The monoisotopic (exact) mass is 326 g/mol. The van der Waals surface area contributed by atoms with Gasteiger partial charge in [0.15, 0.2) is 5.82 Å². The van der Waals surface area contributed by atoms with Crippen LogP contribution in [-0.4, -0.2) is 22.0 Å². The fraction of sp³-hybridized carbons (Fsp3) is 0.278. The van der Waals surface area contributed by atoms with E-state index in [0.717, 1.165) is 27.6 Å². The van der Waals surface area contributed by atoms with E-state index in [0.29, 0.717) is 12.4 Å². The van der Waals surface area contributed by atoms with Gasteiger partial charge in [0.05, 0.1) is 5.52 Å². The number of aromatic nitrogens is 2. The third-order valence-corrected chi connectivity index (χ3v) is 3.18. The van der Waals surface area contributed by atoms with E-state index in [-0.39, 0.29) is 11.8 Å². The van der Waals surface area contributed by atoms with Crippen LogP contribution in [0.4, 0.5) is 5.82 Å². The second kappa shape index (κ2) is 7.59. The Bertz CT molecular complexity index is 823. The second-order valence-corrected chi connectivity index (χ2v) is 6.10. The Balaban J connectivity index is 2.10. The smallest absolute Gasteiger partial charge is 0.249 e. The molecule has 0 aliphatic rings. The van der Waals surface area contributed by atoms with Gasteiger partial charge in [-0.3, -0.25) is 14.7 Å². The highest BCUT2D eigenvalue weighted by Gasteiger charge is 2.09. The first-order valence-electron chi connectivity index (χ1n) is 7.71. The molecular weight excluding hydrogens is 304 g/mol. The summed E-state index contributed by atoms with van der Waals surface area (Å²) in [5.41, 5.74) is 3.62. The first-order valence-corrected chi connectivity index (χ1v) is 7.71. The summed E-state index contributed by atoms with van der Waals surface area (Å²) in [6.45, 7) is 7.90. The van der Waals surface area contributed by atoms with Crippen LogP contribution in [0.1, 0.15) is 33.3 Å². The van der Waals surface area contributed by atoms with Gasteiger partial charge < -0.3 is 10.6 Å². The molecule has 1 aromatic heterocycles. The molecule has 1 aromatic carbocycles. The molecule has 0 fully saturated rings. The van der Waals surface area contributed by atoms with Crippen molar-refractivity contribution in [2.45, 2.75) is 34.2 Å². The molecule has 0 aliphatic carbocycles. The number of aromatic amines is 1. The summed E-state index contributed by atoms with van der Waals surface area (Å²) >= 11 is 0. The summed E-state index contributed by atoms with van der Waals surface area (Å²) in [6.07, 6.45) is 3.08. The van der Waals surface area contributed by atoms with E-state index in [1.165, 1.54) is 6.08 Å². The quantitative estimate of drug-likeness (QED) is 0.738. The number of benzene rings is 1. The molecule has 6 nitrogen and oxygen atoms in total. The van der Waals surface area contributed by atoms with Gasteiger partial charge >= 0.3 is 0 Å². The third kappa shape index (κ3) is 4.81. The van der Waals surface area contributed by atoms with Gasteiger partial charge in [-0.15, -0.1) is 0 Å². The van der Waals surface area contributed by atoms with Crippen molar-refractivity contribution in [3.63, 3.8) is 0 Å². The third-order valence-electron chi connectivity index (χ3n) is 3.18. The van der Waals surface area contributed by atoms with Crippen LogP contribution in [0, 0.1) is 0 Å². The molecule has 6 heteroatoms. The van der Waals surface area contributed by atoms with Crippen LogP contribution in [0.5, 0.6) is 0 Å². The van der Waals surface area contributed by atoms with Crippen molar-refractivity contribution >= 4 is 28.5 Å². The molecular formula is C18H22N4O2. The maximum atomic E-state index is 11.8. The lowest BCUT2D eigenvalue weighted by Gasteiger charge is -2.04. The number of hydrogen-bond donors (Lipinski definition) is 3. The van der Waals surface area contributed by atoms with Crippen LogP contribution in [0.2, 0.25) is 0 Å². The zero-order chi connectivity index (χ0) is 17.7. The SMILES string of the molecule is CC(C)=CC(=O)NCc1ccc2c(NC(=O)C=C(C)C)n[nH]c2c1. The lowest BCUT2D eigenvalue weighted by atomic mass is 10.1. The Hall–Kier alpha value is -2.89. The molecule has 0 radical (unpaired) electrons. The van der Waals surface area contributed by atoms with E-state index in [4.69, 9.17) is 0 Å². The number of carbonyl (C=O) groups is 2. The highest BCUT2D eigenvalue weighted by molar-refractivity contribution is 6.04. The molecule has 2 aromatic rings. The van der Waals surface area contributed by atoms with Gasteiger partial charge in [0.25, 0.3) is 0 Å². The number of amides is 2. The summed E-state index contributed by atoms with van der Waals surface area (Å²) in [6, 6.07) is 5.68. The maximum Gasteiger partial charge on any atom is 0.249 e. The molecule has 24 heavy (non-hydrogen) atoms. The minimum Gasteiger partial charge on any atom is -0.348 e. The Morgan fingerprint density at radius 1 is 1.08 bits per heavy atom. The minimum absolute atomic E-state index is 0.116. The summed E-state index contributed by atoms with van der Waals surface area (Å²) in [7, 11) is 0. The van der Waals surface area contributed by atoms with Crippen LogP contribution >= 0.6 is 0 Å². The highest BCUT2D eigenvalue weighted by Crippen LogP contribution is 2.21. The fourth-order valence-electron chi connectivity index (χ4n) is 2.19. The Labute approximate surface area is 141 Å². The van der Waals surface area contributed by atoms with Crippen molar-refractivity contribution in [3.05, 3.63) is 47.1 Å². The van der Waals surface area contributed by atoms with Gasteiger partial charge in [0.2, 0.25) is 11.8 Å². The lowest BCUT2D eigenvalue weighted by molar-refractivity contribution is -0.116. The number of nitrogens with zero attached hydrogens (tertiary/aromatic N) is 1. The summed E-state index contributed by atoms with van der Waals surface area (Å²) in [5, 5.41) is 13.4. The molecule has 2 amide bonds. The number of carbonyl (C=O) groups excluding carboxylic acids is 2. The van der Waals surface area contributed by atoms with E-state index in [1.807, 2.05) is 45.9 Å². The average molecular weight is 326 g/mol. The minimum atomic E-state index is -0.207. The highest BCUT2D eigenvalue weighted by atomic mass is 16.2. The van der Waals surface area contributed by atoms with Gasteiger partial charge in [-0.25, -0.2) is 0 Å². The summed E-state index contributed by atoms with van der Waals surface area (Å²) in [5.74, 6) is 0.170. The summed E-state index contributed by atoms with van der Waals surface area (Å²) in [4.78, 5) is 23.4. The molecule has 0 atom stereocenters. The molecule has 3 N–H and O–H groups in total. The van der Waals surface area contributed by atoms with Gasteiger partial charge in [-0.1, -0.05) is 17.2 Å². The molecule has 0 saturated carbocycles. The van der Waals surface area contributed by atoms with Crippen LogP contribution in [0.3, 0.4) is 0 Å². The van der Waals surface area contributed by atoms with E-state index >= 15 is 0 Å². The maximum absolute atomic E-state index is 11.8. The Morgan fingerprint density at radius 3 is 2.42 bits per heavy atom. The number of allylic oxidation sites excluding steroid dienone is 2. The Kier molecular flexibility index (Phi) is 5.52. The predicted octanol–water partition coefficient (Wildman–Crippen LogP) is 3.05. The van der Waals surface area contributed by atoms with Crippen molar-refractivity contribution < 1.29 is 9.59 Å². The van der Waals surface area contributed by atoms with Crippen LogP contribution < -0.4 is 10.6 Å². The van der Waals surface area contributed by atoms with Crippen LogP contribution in [0.25, 0.3) is 10.9 Å². The zero-order valence-corrected chi connectivity index (χ0v) is 14.4. The second-order valence-electron chi connectivity index (χ2n) is 6.10. The normalized spacial score (nSPS) is 10.2. The fourth-order valence-corrected chi connectivity index (χ4v) is 2.19. The van der Waals surface area contributed by atoms with Crippen molar-refractivity contribution in [1.82, 2.24) is 15.5 Å². The van der Waals surface area contributed by atoms with Crippen molar-refractivity contribution in [2.24, 2.45) is 0 Å².